The SMILES string of the molecule is NCC1CCC(C(=O)NS(=O)(=O)c2ccccc2)O1. The highest BCUT2D eigenvalue weighted by Crippen LogP contribution is 2.19. The topological polar surface area (TPSA) is 98.5 Å². The highest BCUT2D eigenvalue weighted by molar-refractivity contribution is 7.90. The summed E-state index contributed by atoms with van der Waals surface area (Å²) in [5, 5.41) is 0. The standard InChI is InChI=1S/C12H16N2O4S/c13-8-9-6-7-11(18-9)12(15)14-19(16,17)10-4-2-1-3-5-10/h1-5,9,11H,6-8,13H2,(H,14,15). The molecule has 1 fully saturated rings. The van der Waals surface area contributed by atoms with E-state index < -0.39 is 22.0 Å². The van der Waals surface area contributed by atoms with Crippen LogP contribution in [0.1, 0.15) is 12.8 Å². The molecule has 1 aliphatic rings. The van der Waals surface area contributed by atoms with Crippen molar-refractivity contribution in [2.45, 2.75) is 29.9 Å². The van der Waals surface area contributed by atoms with Crippen LogP contribution in [0.25, 0.3) is 0 Å². The van der Waals surface area contributed by atoms with E-state index in [1.807, 2.05) is 4.72 Å². The normalized spacial score (nSPS) is 23.2. The minimum absolute atomic E-state index is 0.0525. The van der Waals surface area contributed by atoms with Gasteiger partial charge in [-0.05, 0) is 25.0 Å². The number of hydrogen-bond acceptors (Lipinski definition) is 5. The zero-order valence-electron chi connectivity index (χ0n) is 10.3. The molecular weight excluding hydrogens is 268 g/mol. The van der Waals surface area contributed by atoms with E-state index in [2.05, 4.69) is 0 Å². The molecule has 0 aliphatic carbocycles. The molecule has 1 heterocycles. The van der Waals surface area contributed by atoms with Gasteiger partial charge >= 0.3 is 0 Å². The second-order valence-electron chi connectivity index (χ2n) is 4.34. The fraction of sp³-hybridized carbons (Fsp3) is 0.417. The fourth-order valence-corrected chi connectivity index (χ4v) is 2.96. The number of sulfonamides is 1. The highest BCUT2D eigenvalue weighted by atomic mass is 32.2. The summed E-state index contributed by atoms with van der Waals surface area (Å²) >= 11 is 0. The van der Waals surface area contributed by atoms with E-state index in [9.17, 15) is 13.2 Å². The molecule has 6 nitrogen and oxygen atoms in total. The number of hydrogen-bond donors (Lipinski definition) is 2. The van der Waals surface area contributed by atoms with Crippen LogP contribution < -0.4 is 10.5 Å². The molecule has 104 valence electrons. The molecule has 0 aromatic heterocycles. The van der Waals surface area contributed by atoms with Gasteiger partial charge in [0.15, 0.2) is 0 Å². The highest BCUT2D eigenvalue weighted by Gasteiger charge is 2.32. The molecule has 2 unspecified atom stereocenters. The number of carbonyl (C=O) groups excluding carboxylic acids is 1. The maximum absolute atomic E-state index is 11.9. The molecule has 1 saturated heterocycles. The first-order valence-electron chi connectivity index (χ1n) is 6.00. The third kappa shape index (κ3) is 3.31. The molecule has 7 heteroatoms. The smallest absolute Gasteiger partial charge is 0.264 e. The van der Waals surface area contributed by atoms with E-state index in [4.69, 9.17) is 10.5 Å². The van der Waals surface area contributed by atoms with Crippen LogP contribution in [0, 0.1) is 0 Å². The van der Waals surface area contributed by atoms with Gasteiger partial charge in [-0.2, -0.15) is 0 Å². The number of amides is 1. The Morgan fingerprint density at radius 3 is 2.58 bits per heavy atom. The van der Waals surface area contributed by atoms with Gasteiger partial charge in [0.25, 0.3) is 15.9 Å². The second kappa shape index (κ2) is 5.68. The van der Waals surface area contributed by atoms with E-state index in [0.29, 0.717) is 19.4 Å². The Hall–Kier alpha value is -1.44. The van der Waals surface area contributed by atoms with Gasteiger partial charge in [-0.1, -0.05) is 18.2 Å². The predicted octanol–water partition coefficient (Wildman–Crippen LogP) is -0.00220. The number of rotatable bonds is 4. The monoisotopic (exact) mass is 284 g/mol. The van der Waals surface area contributed by atoms with Gasteiger partial charge < -0.3 is 10.5 Å². The van der Waals surface area contributed by atoms with Crippen molar-refractivity contribution in [2.75, 3.05) is 6.54 Å². The Morgan fingerprint density at radius 2 is 2.00 bits per heavy atom. The van der Waals surface area contributed by atoms with Gasteiger partial charge in [-0.15, -0.1) is 0 Å². The quantitative estimate of drug-likeness (QED) is 0.810. The molecular formula is C12H16N2O4S. The molecule has 3 N–H and O–H groups in total. The summed E-state index contributed by atoms with van der Waals surface area (Å²) in [7, 11) is -3.83. The summed E-state index contributed by atoms with van der Waals surface area (Å²) in [6.45, 7) is 0.329. The van der Waals surface area contributed by atoms with Crippen LogP contribution >= 0.6 is 0 Å². The van der Waals surface area contributed by atoms with Gasteiger partial charge in [-0.3, -0.25) is 4.79 Å². The van der Waals surface area contributed by atoms with Crippen LogP contribution in [-0.2, 0) is 19.6 Å². The average molecular weight is 284 g/mol. The van der Waals surface area contributed by atoms with Gasteiger partial charge in [0.05, 0.1) is 11.0 Å². The first-order valence-corrected chi connectivity index (χ1v) is 7.48. The molecule has 2 rings (SSSR count). The Balaban J connectivity index is 2.03. The van der Waals surface area contributed by atoms with E-state index in [0.717, 1.165) is 0 Å². The van der Waals surface area contributed by atoms with Crippen molar-refractivity contribution < 1.29 is 17.9 Å². The largest absolute Gasteiger partial charge is 0.364 e. The van der Waals surface area contributed by atoms with Crippen molar-refractivity contribution in [2.24, 2.45) is 5.73 Å². The van der Waals surface area contributed by atoms with Crippen LogP contribution in [0.15, 0.2) is 35.2 Å². The van der Waals surface area contributed by atoms with Crippen LogP contribution in [0.4, 0.5) is 0 Å². The number of benzene rings is 1. The summed E-state index contributed by atoms with van der Waals surface area (Å²) in [4.78, 5) is 11.9. The van der Waals surface area contributed by atoms with Crippen LogP contribution in [-0.4, -0.2) is 33.1 Å². The molecule has 1 aliphatic heterocycles. The van der Waals surface area contributed by atoms with E-state index >= 15 is 0 Å². The van der Waals surface area contributed by atoms with Crippen molar-refractivity contribution in [3.63, 3.8) is 0 Å². The maximum atomic E-state index is 11.9. The van der Waals surface area contributed by atoms with Crippen molar-refractivity contribution in [3.05, 3.63) is 30.3 Å². The van der Waals surface area contributed by atoms with Crippen LogP contribution in [0.3, 0.4) is 0 Å². The summed E-state index contributed by atoms with van der Waals surface area (Å²) in [5.41, 5.74) is 5.44. The lowest BCUT2D eigenvalue weighted by atomic mass is 10.2. The van der Waals surface area contributed by atoms with Crippen LogP contribution in [0.2, 0.25) is 0 Å². The minimum atomic E-state index is -3.83. The third-order valence-corrected chi connectivity index (χ3v) is 4.31. The van der Waals surface area contributed by atoms with E-state index in [1.54, 1.807) is 18.2 Å². The van der Waals surface area contributed by atoms with Crippen molar-refractivity contribution in [1.29, 1.82) is 0 Å². The summed E-state index contributed by atoms with van der Waals surface area (Å²) in [5.74, 6) is -0.639. The Morgan fingerprint density at radius 1 is 1.32 bits per heavy atom. The summed E-state index contributed by atoms with van der Waals surface area (Å²) in [6.07, 6.45) is 0.236. The predicted molar refractivity (Wildman–Crippen MR) is 68.7 cm³/mol. The van der Waals surface area contributed by atoms with Gasteiger partial charge in [0.2, 0.25) is 0 Å². The lowest BCUT2D eigenvalue weighted by Gasteiger charge is -2.12. The second-order valence-corrected chi connectivity index (χ2v) is 6.02. The zero-order valence-corrected chi connectivity index (χ0v) is 11.1. The first kappa shape index (κ1) is 14.0. The molecule has 0 saturated carbocycles. The Bertz CT molecular complexity index is 544. The maximum Gasteiger partial charge on any atom is 0.264 e. The molecule has 0 radical (unpaired) electrons. The average Bonchev–Trinajstić information content (AvgIpc) is 2.88. The fourth-order valence-electron chi connectivity index (χ4n) is 1.93. The molecule has 19 heavy (non-hydrogen) atoms. The first-order chi connectivity index (χ1) is 9.03. The molecule has 0 spiro atoms. The molecule has 2 atom stereocenters. The van der Waals surface area contributed by atoms with Gasteiger partial charge in [0, 0.05) is 6.54 Å². The van der Waals surface area contributed by atoms with Gasteiger partial charge in [-0.25, -0.2) is 13.1 Å². The Kier molecular flexibility index (Phi) is 4.18. The molecule has 1 aromatic carbocycles. The molecule has 1 aromatic rings. The minimum Gasteiger partial charge on any atom is -0.364 e. The molecule has 1 amide bonds. The number of ether oxygens (including phenoxy) is 1. The van der Waals surface area contributed by atoms with Crippen molar-refractivity contribution in [1.82, 2.24) is 4.72 Å². The van der Waals surface area contributed by atoms with Crippen molar-refractivity contribution in [3.8, 4) is 0 Å². The van der Waals surface area contributed by atoms with Crippen molar-refractivity contribution >= 4 is 15.9 Å². The lowest BCUT2D eigenvalue weighted by molar-refractivity contribution is -0.129. The summed E-state index contributed by atoms with van der Waals surface area (Å²) < 4.78 is 31.3. The van der Waals surface area contributed by atoms with E-state index in [1.165, 1.54) is 12.1 Å². The zero-order chi connectivity index (χ0) is 13.9. The number of carbonyl (C=O) groups is 1. The lowest BCUT2D eigenvalue weighted by Crippen LogP contribution is -2.39. The van der Waals surface area contributed by atoms with Gasteiger partial charge in [0.1, 0.15) is 6.10 Å². The van der Waals surface area contributed by atoms with E-state index in [-0.39, 0.29) is 11.0 Å². The third-order valence-electron chi connectivity index (χ3n) is 2.95. The number of nitrogens with two attached hydrogens (primary N) is 1. The Labute approximate surface area is 112 Å². The summed E-state index contributed by atoms with van der Waals surface area (Å²) in [6, 6.07) is 7.74. The molecule has 0 bridgehead atoms. The number of nitrogens with one attached hydrogen (secondary N) is 1. The van der Waals surface area contributed by atoms with Crippen LogP contribution in [0.5, 0.6) is 0 Å².